The van der Waals surface area contributed by atoms with Crippen LogP contribution in [0.2, 0.25) is 5.02 Å². The Balaban J connectivity index is 2.82. The number of carbonyl (C=O) groups excluding carboxylic acids is 1. The molecule has 0 atom stereocenters. The summed E-state index contributed by atoms with van der Waals surface area (Å²) < 4.78 is 10.3. The van der Waals surface area contributed by atoms with E-state index in [1.165, 1.54) is 0 Å². The second kappa shape index (κ2) is 9.70. The molecular formula is C17H26ClNO3. The fourth-order valence-corrected chi connectivity index (χ4v) is 2.37. The molecule has 0 saturated heterocycles. The molecule has 0 spiro atoms. The van der Waals surface area contributed by atoms with Crippen LogP contribution in [0.3, 0.4) is 0 Å². The molecule has 1 aromatic rings. The number of hydrogen-bond acceptors (Lipinski definition) is 4. The van der Waals surface area contributed by atoms with Crippen molar-refractivity contribution in [3.05, 3.63) is 28.3 Å². The molecule has 124 valence electrons. The Kier molecular flexibility index (Phi) is 8.28. The second-order valence-corrected chi connectivity index (χ2v) is 6.00. The quantitative estimate of drug-likeness (QED) is 0.556. The standard InChI is InChI=1S/C17H26ClNO3/c1-5-22-17(20)10-13-9-16(21-4)15(18)8-14(13)11-19-7-6-12(2)3/h8-9,12,19H,5-7,10-11H2,1-4H3. The van der Waals surface area contributed by atoms with Gasteiger partial charge in [-0.25, -0.2) is 0 Å². The average Bonchev–Trinajstić information content (AvgIpc) is 2.45. The van der Waals surface area contributed by atoms with Crippen LogP contribution < -0.4 is 10.1 Å². The first-order chi connectivity index (χ1) is 10.5. The lowest BCUT2D eigenvalue weighted by Crippen LogP contribution is -2.18. The third-order valence-corrected chi connectivity index (χ3v) is 3.62. The Bertz CT molecular complexity index is 489. The summed E-state index contributed by atoms with van der Waals surface area (Å²) >= 11 is 6.19. The molecule has 0 aromatic heterocycles. The number of ether oxygens (including phenoxy) is 2. The van der Waals surface area contributed by atoms with Crippen molar-refractivity contribution in [3.8, 4) is 5.75 Å². The van der Waals surface area contributed by atoms with Crippen LogP contribution >= 0.6 is 11.6 Å². The number of rotatable bonds is 9. The first kappa shape index (κ1) is 18.8. The van der Waals surface area contributed by atoms with Crippen LogP contribution in [0.5, 0.6) is 5.75 Å². The molecule has 0 aliphatic heterocycles. The summed E-state index contributed by atoms with van der Waals surface area (Å²) in [6, 6.07) is 3.68. The van der Waals surface area contributed by atoms with Crippen LogP contribution in [0.25, 0.3) is 0 Å². The summed E-state index contributed by atoms with van der Waals surface area (Å²) in [4.78, 5) is 11.8. The fraction of sp³-hybridized carbons (Fsp3) is 0.588. The average molecular weight is 328 g/mol. The van der Waals surface area contributed by atoms with Gasteiger partial charge in [-0.1, -0.05) is 25.4 Å². The topological polar surface area (TPSA) is 47.6 Å². The summed E-state index contributed by atoms with van der Waals surface area (Å²) in [5, 5.41) is 3.94. The molecule has 0 aliphatic rings. The number of hydrogen-bond donors (Lipinski definition) is 1. The molecule has 0 fully saturated rings. The highest BCUT2D eigenvalue weighted by molar-refractivity contribution is 6.32. The van der Waals surface area contributed by atoms with Gasteiger partial charge in [0.05, 0.1) is 25.2 Å². The number of carbonyl (C=O) groups is 1. The van der Waals surface area contributed by atoms with Gasteiger partial charge >= 0.3 is 5.97 Å². The molecule has 1 N–H and O–H groups in total. The van der Waals surface area contributed by atoms with Crippen molar-refractivity contribution < 1.29 is 14.3 Å². The number of esters is 1. The van der Waals surface area contributed by atoms with Crippen molar-refractivity contribution in [2.24, 2.45) is 5.92 Å². The van der Waals surface area contributed by atoms with Gasteiger partial charge in [-0.15, -0.1) is 0 Å². The zero-order valence-electron chi connectivity index (χ0n) is 13.9. The normalized spacial score (nSPS) is 10.8. The highest BCUT2D eigenvalue weighted by Crippen LogP contribution is 2.28. The smallest absolute Gasteiger partial charge is 0.310 e. The highest BCUT2D eigenvalue weighted by Gasteiger charge is 2.13. The van der Waals surface area contributed by atoms with Crippen molar-refractivity contribution in [2.75, 3.05) is 20.3 Å². The van der Waals surface area contributed by atoms with E-state index >= 15 is 0 Å². The van der Waals surface area contributed by atoms with E-state index in [4.69, 9.17) is 21.1 Å². The summed E-state index contributed by atoms with van der Waals surface area (Å²) in [7, 11) is 1.57. The van der Waals surface area contributed by atoms with Gasteiger partial charge in [0, 0.05) is 6.54 Å². The SMILES string of the molecule is CCOC(=O)Cc1cc(OC)c(Cl)cc1CNCCC(C)C. The highest BCUT2D eigenvalue weighted by atomic mass is 35.5. The van der Waals surface area contributed by atoms with Crippen LogP contribution in [0.15, 0.2) is 12.1 Å². The van der Waals surface area contributed by atoms with Gasteiger partial charge in [-0.3, -0.25) is 4.79 Å². The minimum atomic E-state index is -0.240. The van der Waals surface area contributed by atoms with Gasteiger partial charge in [-0.2, -0.15) is 0 Å². The van der Waals surface area contributed by atoms with E-state index in [1.807, 2.05) is 12.1 Å². The Morgan fingerprint density at radius 1 is 1.32 bits per heavy atom. The van der Waals surface area contributed by atoms with Gasteiger partial charge in [0.1, 0.15) is 5.75 Å². The Morgan fingerprint density at radius 3 is 2.64 bits per heavy atom. The zero-order chi connectivity index (χ0) is 16.5. The van der Waals surface area contributed by atoms with Crippen molar-refractivity contribution in [2.45, 2.75) is 40.2 Å². The summed E-state index contributed by atoms with van der Waals surface area (Å²) in [6.45, 7) is 8.17. The van der Waals surface area contributed by atoms with E-state index < -0.39 is 0 Å². The molecule has 4 nitrogen and oxygen atoms in total. The van der Waals surface area contributed by atoms with Crippen molar-refractivity contribution >= 4 is 17.6 Å². The zero-order valence-corrected chi connectivity index (χ0v) is 14.6. The van der Waals surface area contributed by atoms with E-state index in [2.05, 4.69) is 19.2 Å². The van der Waals surface area contributed by atoms with E-state index in [0.717, 1.165) is 24.1 Å². The molecule has 5 heteroatoms. The summed E-state index contributed by atoms with van der Waals surface area (Å²) in [5.41, 5.74) is 1.89. The van der Waals surface area contributed by atoms with E-state index in [1.54, 1.807) is 14.0 Å². The molecular weight excluding hydrogens is 302 g/mol. The molecule has 0 unspecified atom stereocenters. The summed E-state index contributed by atoms with van der Waals surface area (Å²) in [6.07, 6.45) is 1.33. The van der Waals surface area contributed by atoms with E-state index in [9.17, 15) is 4.79 Å². The maximum absolute atomic E-state index is 11.8. The van der Waals surface area contributed by atoms with Gasteiger partial charge in [0.2, 0.25) is 0 Å². The molecule has 0 aliphatic carbocycles. The lowest BCUT2D eigenvalue weighted by molar-refractivity contribution is -0.142. The van der Waals surface area contributed by atoms with Gasteiger partial charge in [0.25, 0.3) is 0 Å². The molecule has 1 aromatic carbocycles. The van der Waals surface area contributed by atoms with Crippen LogP contribution in [0.4, 0.5) is 0 Å². The molecule has 0 saturated carbocycles. The Hall–Kier alpha value is -1.26. The summed E-state index contributed by atoms with van der Waals surface area (Å²) in [5.74, 6) is 0.994. The fourth-order valence-electron chi connectivity index (χ4n) is 2.10. The van der Waals surface area contributed by atoms with Crippen molar-refractivity contribution in [1.82, 2.24) is 5.32 Å². The van der Waals surface area contributed by atoms with Crippen LogP contribution in [0, 0.1) is 5.92 Å². The molecule has 0 radical (unpaired) electrons. The lowest BCUT2D eigenvalue weighted by atomic mass is 10.0. The van der Waals surface area contributed by atoms with Crippen molar-refractivity contribution in [1.29, 1.82) is 0 Å². The van der Waals surface area contributed by atoms with Gasteiger partial charge in [-0.05, 0) is 49.1 Å². The van der Waals surface area contributed by atoms with Gasteiger partial charge < -0.3 is 14.8 Å². The second-order valence-electron chi connectivity index (χ2n) is 5.60. The molecule has 0 amide bonds. The molecule has 22 heavy (non-hydrogen) atoms. The van der Waals surface area contributed by atoms with E-state index in [0.29, 0.717) is 29.8 Å². The van der Waals surface area contributed by atoms with Crippen molar-refractivity contribution in [3.63, 3.8) is 0 Å². The first-order valence-electron chi connectivity index (χ1n) is 7.69. The molecule has 0 heterocycles. The Labute approximate surface area is 138 Å². The first-order valence-corrected chi connectivity index (χ1v) is 8.07. The third kappa shape index (κ3) is 6.24. The number of benzene rings is 1. The molecule has 0 bridgehead atoms. The maximum Gasteiger partial charge on any atom is 0.310 e. The van der Waals surface area contributed by atoms with Crippen LogP contribution in [0.1, 0.15) is 38.3 Å². The number of methoxy groups -OCH3 is 1. The van der Waals surface area contributed by atoms with Gasteiger partial charge in [0.15, 0.2) is 0 Å². The van der Waals surface area contributed by atoms with E-state index in [-0.39, 0.29) is 12.4 Å². The monoisotopic (exact) mass is 327 g/mol. The van der Waals surface area contributed by atoms with Crippen LogP contribution in [-0.4, -0.2) is 26.2 Å². The predicted octanol–water partition coefficient (Wildman–Crippen LogP) is 3.59. The largest absolute Gasteiger partial charge is 0.495 e. The third-order valence-electron chi connectivity index (χ3n) is 3.33. The minimum absolute atomic E-state index is 0.225. The lowest BCUT2D eigenvalue weighted by Gasteiger charge is -2.14. The number of nitrogens with one attached hydrogen (secondary N) is 1. The Morgan fingerprint density at radius 2 is 2.05 bits per heavy atom. The minimum Gasteiger partial charge on any atom is -0.495 e. The molecule has 1 rings (SSSR count). The predicted molar refractivity (Wildman–Crippen MR) is 89.5 cm³/mol. The number of halogens is 1. The van der Waals surface area contributed by atoms with Crippen LogP contribution in [-0.2, 0) is 22.5 Å². The maximum atomic E-state index is 11.8.